The van der Waals surface area contributed by atoms with Crippen LogP contribution in [0, 0.1) is 0 Å². The van der Waals surface area contributed by atoms with Crippen molar-refractivity contribution in [2.75, 3.05) is 0 Å². The highest BCUT2D eigenvalue weighted by molar-refractivity contribution is 6.04. The molecule has 0 bridgehead atoms. The van der Waals surface area contributed by atoms with E-state index >= 15 is 0 Å². The Morgan fingerprint density at radius 3 is 2.39 bits per heavy atom. The minimum absolute atomic E-state index is 0.00821. The molecule has 3 nitrogen and oxygen atoms in total. The van der Waals surface area contributed by atoms with Crippen LogP contribution in [0.2, 0.25) is 0 Å². The van der Waals surface area contributed by atoms with Crippen molar-refractivity contribution in [2.45, 2.75) is 45.0 Å². The normalized spacial score (nSPS) is 20.1. The first-order valence-corrected chi connectivity index (χ1v) is 8.33. The molecule has 0 radical (unpaired) electrons. The van der Waals surface area contributed by atoms with Crippen molar-refractivity contribution in [3.8, 4) is 0 Å². The molecule has 0 aliphatic carbocycles. The summed E-state index contributed by atoms with van der Waals surface area (Å²) in [5.74, 6) is 0. The summed E-state index contributed by atoms with van der Waals surface area (Å²) >= 11 is 0. The molecule has 1 heterocycles. The van der Waals surface area contributed by atoms with Gasteiger partial charge in [-0.2, -0.15) is 0 Å². The van der Waals surface area contributed by atoms with Crippen LogP contribution in [0.3, 0.4) is 0 Å². The fourth-order valence-electron chi connectivity index (χ4n) is 2.79. The third-order valence-electron chi connectivity index (χ3n) is 4.08. The van der Waals surface area contributed by atoms with Gasteiger partial charge >= 0.3 is 0 Å². The quantitative estimate of drug-likeness (QED) is 0.750. The van der Waals surface area contributed by atoms with Crippen LogP contribution < -0.4 is 0 Å². The molecule has 2 aromatic carbocycles. The Morgan fingerprint density at radius 1 is 1.00 bits per heavy atom. The lowest BCUT2D eigenvalue weighted by molar-refractivity contribution is -0.0270. The predicted molar refractivity (Wildman–Crippen MR) is 92.4 cm³/mol. The molecule has 0 unspecified atom stereocenters. The van der Waals surface area contributed by atoms with Crippen LogP contribution in [0.4, 0.5) is 0 Å². The molecule has 120 valence electrons. The van der Waals surface area contributed by atoms with Gasteiger partial charge in [-0.25, -0.2) is 0 Å². The van der Waals surface area contributed by atoms with E-state index < -0.39 is 0 Å². The van der Waals surface area contributed by atoms with Gasteiger partial charge in [0.25, 0.3) is 0 Å². The minimum atomic E-state index is -0.107. The topological polar surface area (TPSA) is 30.8 Å². The van der Waals surface area contributed by atoms with Crippen molar-refractivity contribution in [2.24, 2.45) is 5.16 Å². The number of oxime groups is 1. The lowest BCUT2D eigenvalue weighted by Gasteiger charge is -2.19. The Balaban J connectivity index is 1.73. The van der Waals surface area contributed by atoms with Crippen molar-refractivity contribution in [1.82, 2.24) is 0 Å². The molecule has 0 saturated carbocycles. The van der Waals surface area contributed by atoms with Gasteiger partial charge in [-0.15, -0.1) is 0 Å². The highest BCUT2D eigenvalue weighted by Crippen LogP contribution is 2.25. The average Bonchev–Trinajstić information content (AvgIpc) is 3.02. The van der Waals surface area contributed by atoms with E-state index in [1.807, 2.05) is 36.4 Å². The van der Waals surface area contributed by atoms with E-state index in [4.69, 9.17) is 9.57 Å². The lowest BCUT2D eigenvalue weighted by Crippen LogP contribution is -2.32. The molecule has 0 saturated heterocycles. The Kier molecular flexibility index (Phi) is 5.43. The number of rotatable bonds is 7. The van der Waals surface area contributed by atoms with Gasteiger partial charge in [-0.1, -0.05) is 79.2 Å². The van der Waals surface area contributed by atoms with Crippen LogP contribution in [0.15, 0.2) is 65.8 Å². The molecule has 0 aromatic heterocycles. The Morgan fingerprint density at radius 2 is 1.70 bits per heavy atom. The standard InChI is InChI=1S/C20H23NO2/c1-2-3-14-18-20(22-15-16-10-6-4-7-11-16)19(21-23-18)17-12-8-5-9-13-17/h4-13,18,20H,2-3,14-15H2,1H3/t18-,20-/m0/s1. The van der Waals surface area contributed by atoms with E-state index in [-0.39, 0.29) is 12.2 Å². The molecule has 2 atom stereocenters. The maximum absolute atomic E-state index is 6.21. The molecule has 0 N–H and O–H groups in total. The van der Waals surface area contributed by atoms with E-state index in [1.165, 1.54) is 5.56 Å². The molecule has 3 rings (SSSR count). The summed E-state index contributed by atoms with van der Waals surface area (Å²) in [6, 6.07) is 20.4. The molecule has 1 aliphatic heterocycles. The Hall–Kier alpha value is -2.13. The summed E-state index contributed by atoms with van der Waals surface area (Å²) in [5.41, 5.74) is 3.15. The number of benzene rings is 2. The first-order chi connectivity index (χ1) is 11.4. The highest BCUT2D eigenvalue weighted by atomic mass is 16.7. The molecule has 3 heteroatoms. The highest BCUT2D eigenvalue weighted by Gasteiger charge is 2.35. The van der Waals surface area contributed by atoms with Crippen LogP contribution in [-0.4, -0.2) is 17.9 Å². The first-order valence-electron chi connectivity index (χ1n) is 8.33. The maximum atomic E-state index is 6.21. The average molecular weight is 309 g/mol. The summed E-state index contributed by atoms with van der Waals surface area (Å²) in [7, 11) is 0. The molecule has 1 aliphatic rings. The van der Waals surface area contributed by atoms with E-state index in [0.717, 1.165) is 30.5 Å². The van der Waals surface area contributed by atoms with E-state index in [9.17, 15) is 0 Å². The molecule has 23 heavy (non-hydrogen) atoms. The van der Waals surface area contributed by atoms with Crippen LogP contribution in [-0.2, 0) is 16.2 Å². The van der Waals surface area contributed by atoms with Gasteiger partial charge in [-0.05, 0) is 18.4 Å². The number of unbranched alkanes of at least 4 members (excludes halogenated alkanes) is 1. The molecule has 0 fully saturated rings. The van der Waals surface area contributed by atoms with Crippen LogP contribution in [0.1, 0.15) is 37.3 Å². The second kappa shape index (κ2) is 7.93. The summed E-state index contributed by atoms with van der Waals surface area (Å²) < 4.78 is 6.21. The van der Waals surface area contributed by atoms with E-state index in [1.54, 1.807) is 0 Å². The smallest absolute Gasteiger partial charge is 0.159 e. The zero-order valence-corrected chi connectivity index (χ0v) is 13.5. The molecule has 0 spiro atoms. The third kappa shape index (κ3) is 3.99. The third-order valence-corrected chi connectivity index (χ3v) is 4.08. The molecular formula is C20H23NO2. The second-order valence-electron chi connectivity index (χ2n) is 5.85. The van der Waals surface area contributed by atoms with Crippen molar-refractivity contribution in [1.29, 1.82) is 0 Å². The fourth-order valence-corrected chi connectivity index (χ4v) is 2.79. The maximum Gasteiger partial charge on any atom is 0.159 e. The monoisotopic (exact) mass is 309 g/mol. The molecular weight excluding hydrogens is 286 g/mol. The van der Waals surface area contributed by atoms with Crippen LogP contribution in [0.25, 0.3) is 0 Å². The largest absolute Gasteiger partial charge is 0.389 e. The number of hydrogen-bond acceptors (Lipinski definition) is 3. The minimum Gasteiger partial charge on any atom is -0.389 e. The fraction of sp³-hybridized carbons (Fsp3) is 0.350. The summed E-state index contributed by atoms with van der Waals surface area (Å²) in [4.78, 5) is 5.69. The Bertz CT molecular complexity index is 625. The van der Waals surface area contributed by atoms with Crippen molar-refractivity contribution < 1.29 is 9.57 Å². The van der Waals surface area contributed by atoms with Gasteiger partial charge in [-0.3, -0.25) is 0 Å². The van der Waals surface area contributed by atoms with Gasteiger partial charge in [0.1, 0.15) is 11.8 Å². The van der Waals surface area contributed by atoms with Gasteiger partial charge < -0.3 is 9.57 Å². The Labute approximate surface area is 137 Å². The van der Waals surface area contributed by atoms with Crippen molar-refractivity contribution in [3.05, 3.63) is 71.8 Å². The molecule has 2 aromatic rings. The van der Waals surface area contributed by atoms with Crippen LogP contribution in [0.5, 0.6) is 0 Å². The zero-order valence-electron chi connectivity index (χ0n) is 13.5. The zero-order chi connectivity index (χ0) is 15.9. The van der Waals surface area contributed by atoms with Gasteiger partial charge in [0.05, 0.1) is 6.61 Å². The van der Waals surface area contributed by atoms with Gasteiger partial charge in [0.15, 0.2) is 6.10 Å². The van der Waals surface area contributed by atoms with Gasteiger partial charge in [0, 0.05) is 5.56 Å². The van der Waals surface area contributed by atoms with Crippen molar-refractivity contribution in [3.63, 3.8) is 0 Å². The summed E-state index contributed by atoms with van der Waals surface area (Å²) in [5, 5.41) is 4.33. The number of hydrogen-bond donors (Lipinski definition) is 0. The summed E-state index contributed by atoms with van der Waals surface area (Å²) in [6.07, 6.45) is 3.13. The van der Waals surface area contributed by atoms with Gasteiger partial charge in [0.2, 0.25) is 0 Å². The van der Waals surface area contributed by atoms with Crippen molar-refractivity contribution >= 4 is 5.71 Å². The lowest BCUT2D eigenvalue weighted by atomic mass is 9.98. The van der Waals surface area contributed by atoms with E-state index in [2.05, 4.69) is 36.3 Å². The van der Waals surface area contributed by atoms with E-state index in [0.29, 0.717) is 6.61 Å². The van der Waals surface area contributed by atoms with Crippen LogP contribution >= 0.6 is 0 Å². The summed E-state index contributed by atoms with van der Waals surface area (Å²) in [6.45, 7) is 2.76. The molecule has 0 amide bonds. The first kappa shape index (κ1) is 15.8. The predicted octanol–water partition coefficient (Wildman–Crippen LogP) is 4.57. The SMILES string of the molecule is CCCC[C@@H]1ON=C(c2ccccc2)[C@H]1OCc1ccccc1. The second-order valence-corrected chi connectivity index (χ2v) is 5.85. The number of nitrogens with zero attached hydrogens (tertiary/aromatic N) is 1. The number of ether oxygens (including phenoxy) is 1.